The minimum atomic E-state index is -0.269. The Bertz CT molecular complexity index is 533. The number of hydrogen-bond donors (Lipinski definition) is 2. The molecule has 1 aromatic rings. The zero-order chi connectivity index (χ0) is 14.4. The third-order valence-corrected chi connectivity index (χ3v) is 3.56. The van der Waals surface area contributed by atoms with E-state index in [2.05, 4.69) is 16.4 Å². The number of hydrogen-bond acceptors (Lipinski definition) is 4. The molecule has 2 rings (SSSR count). The van der Waals surface area contributed by atoms with Gasteiger partial charge in [0.1, 0.15) is 11.9 Å². The second-order valence-corrected chi connectivity index (χ2v) is 5.16. The van der Waals surface area contributed by atoms with Crippen LogP contribution in [0.5, 0.6) is 0 Å². The van der Waals surface area contributed by atoms with Gasteiger partial charge in [0, 0.05) is 18.7 Å². The third-order valence-electron chi connectivity index (χ3n) is 3.56. The van der Waals surface area contributed by atoms with Crippen LogP contribution >= 0.6 is 0 Å². The molecule has 5 nitrogen and oxygen atoms in total. The normalized spacial score (nSPS) is 13.3. The molecule has 0 spiro atoms. The fourth-order valence-corrected chi connectivity index (χ4v) is 2.48. The second kappa shape index (κ2) is 6.90. The molecule has 20 heavy (non-hydrogen) atoms. The zero-order valence-electron chi connectivity index (χ0n) is 11.6. The number of nitrogens with two attached hydrogens (primary N) is 1. The van der Waals surface area contributed by atoms with Crippen LogP contribution in [0.4, 0.5) is 5.82 Å². The second-order valence-electron chi connectivity index (χ2n) is 5.16. The molecule has 0 saturated heterocycles. The molecule has 0 fully saturated rings. The first-order valence-electron chi connectivity index (χ1n) is 7.16. The van der Waals surface area contributed by atoms with E-state index >= 15 is 0 Å². The number of pyridine rings is 1. The van der Waals surface area contributed by atoms with Gasteiger partial charge in [-0.2, -0.15) is 5.26 Å². The van der Waals surface area contributed by atoms with E-state index in [1.165, 1.54) is 18.4 Å². The minimum absolute atomic E-state index is 0.269. The predicted molar refractivity (Wildman–Crippen MR) is 77.1 cm³/mol. The van der Waals surface area contributed by atoms with Gasteiger partial charge in [-0.3, -0.25) is 4.79 Å². The number of amides is 1. The summed E-state index contributed by atoms with van der Waals surface area (Å²) >= 11 is 0. The Morgan fingerprint density at radius 1 is 1.40 bits per heavy atom. The van der Waals surface area contributed by atoms with E-state index in [9.17, 15) is 10.1 Å². The van der Waals surface area contributed by atoms with Crippen molar-refractivity contribution in [2.45, 2.75) is 44.9 Å². The van der Waals surface area contributed by atoms with Crippen LogP contribution in [-0.2, 0) is 17.6 Å². The van der Waals surface area contributed by atoms with E-state index in [-0.39, 0.29) is 5.91 Å². The van der Waals surface area contributed by atoms with Crippen LogP contribution in [0.3, 0.4) is 0 Å². The molecule has 0 aromatic carbocycles. The highest BCUT2D eigenvalue weighted by molar-refractivity contribution is 5.73. The van der Waals surface area contributed by atoms with E-state index in [1.54, 1.807) is 0 Å². The van der Waals surface area contributed by atoms with E-state index < -0.39 is 0 Å². The maximum atomic E-state index is 10.6. The minimum Gasteiger partial charge on any atom is -0.370 e. The molecule has 1 heterocycles. The summed E-state index contributed by atoms with van der Waals surface area (Å²) in [5.41, 5.74) is 8.04. The van der Waals surface area contributed by atoms with Gasteiger partial charge in [0.05, 0.1) is 5.56 Å². The number of anilines is 1. The quantitative estimate of drug-likeness (QED) is 0.774. The van der Waals surface area contributed by atoms with Gasteiger partial charge in [-0.25, -0.2) is 4.98 Å². The Morgan fingerprint density at radius 3 is 2.95 bits per heavy atom. The van der Waals surface area contributed by atoms with Crippen LogP contribution in [0.15, 0.2) is 6.07 Å². The molecule has 3 N–H and O–H groups in total. The van der Waals surface area contributed by atoms with Gasteiger partial charge in [0.15, 0.2) is 0 Å². The van der Waals surface area contributed by atoms with Gasteiger partial charge in [0.2, 0.25) is 5.91 Å². The number of fused-ring (bicyclic) bond motifs is 1. The number of nitrogens with zero attached hydrogens (tertiary/aromatic N) is 2. The van der Waals surface area contributed by atoms with Crippen LogP contribution in [0.25, 0.3) is 0 Å². The highest BCUT2D eigenvalue weighted by atomic mass is 16.1. The summed E-state index contributed by atoms with van der Waals surface area (Å²) in [7, 11) is 0. The molecular formula is C15H20N4O. The fourth-order valence-electron chi connectivity index (χ4n) is 2.48. The summed E-state index contributed by atoms with van der Waals surface area (Å²) in [4.78, 5) is 15.2. The monoisotopic (exact) mass is 272 g/mol. The van der Waals surface area contributed by atoms with Gasteiger partial charge >= 0.3 is 0 Å². The van der Waals surface area contributed by atoms with Crippen molar-refractivity contribution in [2.75, 3.05) is 11.9 Å². The number of aromatic nitrogens is 1. The van der Waals surface area contributed by atoms with Crippen molar-refractivity contribution in [2.24, 2.45) is 5.73 Å². The van der Waals surface area contributed by atoms with Gasteiger partial charge in [-0.1, -0.05) is 0 Å². The van der Waals surface area contributed by atoms with Gasteiger partial charge in [0.25, 0.3) is 0 Å². The van der Waals surface area contributed by atoms with Gasteiger partial charge in [-0.05, 0) is 50.2 Å². The molecule has 5 heteroatoms. The topological polar surface area (TPSA) is 91.8 Å². The molecule has 0 bridgehead atoms. The number of nitriles is 1. The third kappa shape index (κ3) is 3.70. The van der Waals surface area contributed by atoms with Crippen molar-refractivity contribution in [3.8, 4) is 6.07 Å². The van der Waals surface area contributed by atoms with Crippen molar-refractivity contribution < 1.29 is 4.79 Å². The van der Waals surface area contributed by atoms with Crippen LogP contribution in [0.2, 0.25) is 0 Å². The van der Waals surface area contributed by atoms with Gasteiger partial charge in [-0.15, -0.1) is 0 Å². The molecule has 0 radical (unpaired) electrons. The first kappa shape index (κ1) is 14.3. The molecule has 106 valence electrons. The van der Waals surface area contributed by atoms with Crippen molar-refractivity contribution in [1.29, 1.82) is 5.26 Å². The van der Waals surface area contributed by atoms with Crippen molar-refractivity contribution in [3.63, 3.8) is 0 Å². The van der Waals surface area contributed by atoms with E-state index in [4.69, 9.17) is 5.73 Å². The van der Waals surface area contributed by atoms with Crippen molar-refractivity contribution >= 4 is 11.7 Å². The summed E-state index contributed by atoms with van der Waals surface area (Å²) in [5, 5.41) is 12.4. The summed E-state index contributed by atoms with van der Waals surface area (Å²) in [6, 6.07) is 4.17. The van der Waals surface area contributed by atoms with E-state index in [1.807, 2.05) is 6.07 Å². The van der Waals surface area contributed by atoms with Crippen molar-refractivity contribution in [1.82, 2.24) is 4.98 Å². The number of carbonyl (C=O) groups excluding carboxylic acids is 1. The maximum absolute atomic E-state index is 10.6. The fraction of sp³-hybridized carbons (Fsp3) is 0.533. The molecule has 0 unspecified atom stereocenters. The van der Waals surface area contributed by atoms with Crippen LogP contribution in [-0.4, -0.2) is 17.4 Å². The zero-order valence-corrected chi connectivity index (χ0v) is 11.6. The van der Waals surface area contributed by atoms with E-state index in [0.717, 1.165) is 31.4 Å². The molecule has 0 atom stereocenters. The first-order valence-corrected chi connectivity index (χ1v) is 7.16. The maximum Gasteiger partial charge on any atom is 0.217 e. The number of rotatable bonds is 6. The summed E-state index contributed by atoms with van der Waals surface area (Å²) < 4.78 is 0. The predicted octanol–water partition coefficient (Wildman–Crippen LogP) is 1.90. The average Bonchev–Trinajstić information content (AvgIpc) is 2.45. The standard InChI is InChI=1S/C15H20N4O/c16-10-12-9-11-5-1-2-6-13(11)19-15(12)18-8-4-3-7-14(17)20/h9H,1-8H2,(H2,17,20)(H,18,19). The number of carbonyl (C=O) groups is 1. The average molecular weight is 272 g/mol. The summed E-state index contributed by atoms with van der Waals surface area (Å²) in [6.45, 7) is 0.702. The van der Waals surface area contributed by atoms with Crippen LogP contribution in [0, 0.1) is 11.3 Å². The Labute approximate surface area is 119 Å². The molecule has 0 aliphatic heterocycles. The summed E-state index contributed by atoms with van der Waals surface area (Å²) in [5.74, 6) is 0.404. The van der Waals surface area contributed by atoms with Crippen molar-refractivity contribution in [3.05, 3.63) is 22.9 Å². The highest BCUT2D eigenvalue weighted by Crippen LogP contribution is 2.24. The Kier molecular flexibility index (Phi) is 4.94. The SMILES string of the molecule is N#Cc1cc2c(nc1NCCCCC(N)=O)CCCC2. The Morgan fingerprint density at radius 2 is 2.20 bits per heavy atom. The molecule has 1 aromatic heterocycles. The Hall–Kier alpha value is -2.09. The molecule has 0 saturated carbocycles. The molecular weight excluding hydrogens is 252 g/mol. The molecule has 1 aliphatic carbocycles. The lowest BCUT2D eigenvalue weighted by atomic mass is 9.95. The molecule has 1 amide bonds. The van der Waals surface area contributed by atoms with Gasteiger partial charge < -0.3 is 11.1 Å². The Balaban J connectivity index is 1.96. The number of unbranched alkanes of at least 4 members (excludes halogenated alkanes) is 1. The molecule has 1 aliphatic rings. The lowest BCUT2D eigenvalue weighted by Crippen LogP contribution is -2.13. The summed E-state index contributed by atoms with van der Waals surface area (Å²) in [6.07, 6.45) is 6.38. The van der Waals surface area contributed by atoms with Crippen LogP contribution < -0.4 is 11.1 Å². The van der Waals surface area contributed by atoms with Crippen LogP contribution in [0.1, 0.15) is 48.9 Å². The lowest BCUT2D eigenvalue weighted by Gasteiger charge is -2.17. The largest absolute Gasteiger partial charge is 0.370 e. The lowest BCUT2D eigenvalue weighted by molar-refractivity contribution is -0.118. The number of primary amides is 1. The highest BCUT2D eigenvalue weighted by Gasteiger charge is 2.14. The number of nitrogens with one attached hydrogen (secondary N) is 1. The first-order chi connectivity index (χ1) is 9.70. The number of aryl methyl sites for hydroxylation is 2. The smallest absolute Gasteiger partial charge is 0.217 e. The van der Waals surface area contributed by atoms with E-state index in [0.29, 0.717) is 24.3 Å².